The van der Waals surface area contributed by atoms with Gasteiger partial charge in [-0.05, 0) is 28.1 Å². The number of ether oxygens (including phenoxy) is 1. The summed E-state index contributed by atoms with van der Waals surface area (Å²) in [5.74, 6) is 0.0790. The van der Waals surface area contributed by atoms with E-state index in [0.29, 0.717) is 16.0 Å². The van der Waals surface area contributed by atoms with Crippen LogP contribution in [0.1, 0.15) is 0 Å². The zero-order valence-corrected chi connectivity index (χ0v) is 9.71. The number of sulfone groups is 1. The van der Waals surface area contributed by atoms with Crippen molar-refractivity contribution >= 4 is 25.8 Å². The molecule has 1 saturated heterocycles. The third-order valence-electron chi connectivity index (χ3n) is 1.98. The summed E-state index contributed by atoms with van der Waals surface area (Å²) in [5.41, 5.74) is 0. The van der Waals surface area contributed by atoms with E-state index in [4.69, 9.17) is 4.74 Å². The molecule has 76 valence electrons. The van der Waals surface area contributed by atoms with Crippen LogP contribution in [0.3, 0.4) is 0 Å². The molecule has 0 radical (unpaired) electrons. The van der Waals surface area contributed by atoms with Gasteiger partial charge >= 0.3 is 0 Å². The molecule has 1 fully saturated rings. The summed E-state index contributed by atoms with van der Waals surface area (Å²) in [6.07, 6.45) is -0.105. The van der Waals surface area contributed by atoms with Gasteiger partial charge in [0.25, 0.3) is 0 Å². The molecule has 1 heterocycles. The third-order valence-corrected chi connectivity index (χ3v) is 4.77. The number of hydrogen-bond acceptors (Lipinski definition) is 3. The van der Waals surface area contributed by atoms with Gasteiger partial charge in [-0.1, -0.05) is 12.1 Å². The lowest BCUT2D eigenvalue weighted by molar-refractivity contribution is 0.422. The first-order valence-electron chi connectivity index (χ1n) is 4.18. The van der Waals surface area contributed by atoms with Crippen molar-refractivity contribution in [1.29, 1.82) is 0 Å². The Morgan fingerprint density at radius 3 is 2.64 bits per heavy atom. The lowest BCUT2D eigenvalue weighted by Crippen LogP contribution is -2.12. The molecule has 1 aromatic rings. The first-order chi connectivity index (χ1) is 6.59. The lowest BCUT2D eigenvalue weighted by Gasteiger charge is -2.03. The molecule has 0 amide bonds. The van der Waals surface area contributed by atoms with Crippen LogP contribution < -0.4 is 0 Å². The summed E-state index contributed by atoms with van der Waals surface area (Å²) in [5, 5.41) is 0. The minimum Gasteiger partial charge on any atom is -0.372 e. The predicted octanol–water partition coefficient (Wildman–Crippen LogP) is 1.62. The summed E-state index contributed by atoms with van der Waals surface area (Å²) < 4.78 is 29.1. The highest BCUT2D eigenvalue weighted by atomic mass is 79.9. The monoisotopic (exact) mass is 276 g/mol. The van der Waals surface area contributed by atoms with Gasteiger partial charge in [-0.3, -0.25) is 0 Å². The van der Waals surface area contributed by atoms with E-state index >= 15 is 0 Å². The lowest BCUT2D eigenvalue weighted by atomic mass is 10.4. The van der Waals surface area contributed by atoms with Crippen molar-refractivity contribution in [2.45, 2.75) is 11.0 Å². The highest BCUT2D eigenvalue weighted by molar-refractivity contribution is 9.10. The highest BCUT2D eigenvalue weighted by Crippen LogP contribution is 2.25. The SMILES string of the molecule is O=S(=O)(C[C@H]1CO1)c1ccccc1Br. The molecule has 0 aromatic heterocycles. The van der Waals surface area contributed by atoms with E-state index in [0.717, 1.165) is 0 Å². The van der Waals surface area contributed by atoms with Crippen molar-refractivity contribution in [2.24, 2.45) is 0 Å². The van der Waals surface area contributed by atoms with Crippen LogP contribution >= 0.6 is 15.9 Å². The van der Waals surface area contributed by atoms with Crippen LogP contribution in [0.25, 0.3) is 0 Å². The van der Waals surface area contributed by atoms with E-state index in [1.807, 2.05) is 0 Å². The second kappa shape index (κ2) is 3.64. The molecular formula is C9H9BrO3S. The molecule has 0 bridgehead atoms. The average molecular weight is 277 g/mol. The van der Waals surface area contributed by atoms with Crippen molar-refractivity contribution in [2.75, 3.05) is 12.4 Å². The van der Waals surface area contributed by atoms with Gasteiger partial charge in [0, 0.05) is 4.47 Å². The van der Waals surface area contributed by atoms with Gasteiger partial charge in [-0.2, -0.15) is 0 Å². The normalized spacial score (nSPS) is 20.8. The van der Waals surface area contributed by atoms with E-state index in [9.17, 15) is 8.42 Å². The van der Waals surface area contributed by atoms with Crippen LogP contribution in [0.2, 0.25) is 0 Å². The van der Waals surface area contributed by atoms with Gasteiger partial charge in [0.2, 0.25) is 0 Å². The van der Waals surface area contributed by atoms with Crippen molar-refractivity contribution in [3.05, 3.63) is 28.7 Å². The van der Waals surface area contributed by atoms with Crippen LogP contribution in [0.5, 0.6) is 0 Å². The topological polar surface area (TPSA) is 46.7 Å². The Kier molecular flexibility index (Phi) is 2.64. The molecule has 1 aromatic carbocycles. The number of benzene rings is 1. The van der Waals surface area contributed by atoms with Crippen LogP contribution in [-0.4, -0.2) is 26.9 Å². The van der Waals surface area contributed by atoms with E-state index in [2.05, 4.69) is 15.9 Å². The van der Waals surface area contributed by atoms with Gasteiger partial charge in [0.05, 0.1) is 23.4 Å². The van der Waals surface area contributed by atoms with Crippen LogP contribution in [0.15, 0.2) is 33.6 Å². The molecular weight excluding hydrogens is 268 g/mol. The summed E-state index contributed by atoms with van der Waals surface area (Å²) in [4.78, 5) is 0.343. The minimum absolute atomic E-state index is 0.0790. The fourth-order valence-electron chi connectivity index (χ4n) is 1.20. The Balaban J connectivity index is 2.33. The Bertz CT molecular complexity index is 437. The van der Waals surface area contributed by atoms with E-state index < -0.39 is 9.84 Å². The fraction of sp³-hybridized carbons (Fsp3) is 0.333. The average Bonchev–Trinajstić information content (AvgIpc) is 2.88. The molecule has 1 aliphatic heterocycles. The number of hydrogen-bond donors (Lipinski definition) is 0. The molecule has 0 saturated carbocycles. The van der Waals surface area contributed by atoms with E-state index in [1.54, 1.807) is 24.3 Å². The maximum absolute atomic E-state index is 11.8. The number of rotatable bonds is 3. The van der Waals surface area contributed by atoms with Crippen LogP contribution in [0, 0.1) is 0 Å². The summed E-state index contributed by atoms with van der Waals surface area (Å²) in [6.45, 7) is 0.559. The summed E-state index contributed by atoms with van der Waals surface area (Å²) in [7, 11) is -3.20. The maximum Gasteiger partial charge on any atom is 0.182 e. The summed E-state index contributed by atoms with van der Waals surface area (Å²) in [6, 6.07) is 6.82. The highest BCUT2D eigenvalue weighted by Gasteiger charge is 2.31. The van der Waals surface area contributed by atoms with Crippen molar-refractivity contribution in [3.8, 4) is 0 Å². The van der Waals surface area contributed by atoms with Crippen molar-refractivity contribution < 1.29 is 13.2 Å². The zero-order valence-electron chi connectivity index (χ0n) is 7.31. The Morgan fingerprint density at radius 1 is 1.43 bits per heavy atom. The molecule has 1 aliphatic rings. The molecule has 0 spiro atoms. The fourth-order valence-corrected chi connectivity index (χ4v) is 3.73. The standard InChI is InChI=1S/C9H9BrO3S/c10-8-3-1-2-4-9(8)14(11,12)6-7-5-13-7/h1-4,7H,5-6H2/t7-/m1/s1. The molecule has 0 unspecified atom stereocenters. The second-order valence-corrected chi connectivity index (χ2v) is 6.02. The molecule has 14 heavy (non-hydrogen) atoms. The Hall–Kier alpha value is -0.390. The molecule has 3 nitrogen and oxygen atoms in total. The molecule has 0 aliphatic carbocycles. The molecule has 2 rings (SSSR count). The predicted molar refractivity (Wildman–Crippen MR) is 55.9 cm³/mol. The second-order valence-electron chi connectivity index (χ2n) is 3.17. The number of epoxide rings is 1. The Morgan fingerprint density at radius 2 is 2.07 bits per heavy atom. The van der Waals surface area contributed by atoms with Crippen molar-refractivity contribution in [1.82, 2.24) is 0 Å². The number of halogens is 1. The smallest absolute Gasteiger partial charge is 0.182 e. The quantitative estimate of drug-likeness (QED) is 0.789. The van der Waals surface area contributed by atoms with Crippen molar-refractivity contribution in [3.63, 3.8) is 0 Å². The van der Waals surface area contributed by atoms with E-state index in [-0.39, 0.29) is 11.9 Å². The molecule has 0 N–H and O–H groups in total. The zero-order chi connectivity index (χ0) is 10.2. The summed E-state index contributed by atoms with van der Waals surface area (Å²) >= 11 is 3.22. The van der Waals surface area contributed by atoms with Crippen LogP contribution in [-0.2, 0) is 14.6 Å². The van der Waals surface area contributed by atoms with Gasteiger partial charge in [-0.25, -0.2) is 8.42 Å². The first kappa shape index (κ1) is 10.1. The van der Waals surface area contributed by atoms with Crippen LogP contribution in [0.4, 0.5) is 0 Å². The molecule has 1 atom stereocenters. The third kappa shape index (κ3) is 2.16. The minimum atomic E-state index is -3.20. The molecule has 5 heteroatoms. The maximum atomic E-state index is 11.8. The van der Waals surface area contributed by atoms with Gasteiger partial charge < -0.3 is 4.74 Å². The van der Waals surface area contributed by atoms with E-state index in [1.165, 1.54) is 0 Å². The van der Waals surface area contributed by atoms with Gasteiger partial charge in [-0.15, -0.1) is 0 Å². The van der Waals surface area contributed by atoms with Gasteiger partial charge in [0.15, 0.2) is 9.84 Å². The van der Waals surface area contributed by atoms with Gasteiger partial charge in [0.1, 0.15) is 0 Å². The largest absolute Gasteiger partial charge is 0.372 e. The first-order valence-corrected chi connectivity index (χ1v) is 6.63. The Labute approximate surface area is 91.1 Å².